The Labute approximate surface area is 156 Å². The Morgan fingerprint density at radius 3 is 2.62 bits per heavy atom. The van der Waals surface area contributed by atoms with E-state index < -0.39 is 36.3 Å². The zero-order chi connectivity index (χ0) is 19.7. The van der Waals surface area contributed by atoms with E-state index in [1.54, 1.807) is 6.92 Å². The lowest BCUT2D eigenvalue weighted by atomic mass is 9.99. The van der Waals surface area contributed by atoms with Crippen LogP contribution in [0, 0.1) is 11.7 Å². The fourth-order valence-corrected chi connectivity index (χ4v) is 2.17. The number of esters is 2. The number of halogens is 2. The van der Waals surface area contributed by atoms with Crippen molar-refractivity contribution in [3.8, 4) is 0 Å². The largest absolute Gasteiger partial charge is 0.467 e. The molecule has 1 N–H and O–H groups in total. The van der Waals surface area contributed by atoms with Crippen molar-refractivity contribution in [2.45, 2.75) is 26.3 Å². The molecule has 0 radical (unpaired) electrons. The average Bonchev–Trinajstić information content (AvgIpc) is 2.64. The van der Waals surface area contributed by atoms with Gasteiger partial charge in [0.1, 0.15) is 11.9 Å². The summed E-state index contributed by atoms with van der Waals surface area (Å²) in [5, 5.41) is 2.42. The number of rotatable bonds is 8. The highest BCUT2D eigenvalue weighted by atomic mass is 35.5. The third kappa shape index (κ3) is 6.84. The molecule has 0 saturated carbocycles. The smallest absolute Gasteiger partial charge is 0.331 e. The maximum absolute atomic E-state index is 13.1. The van der Waals surface area contributed by atoms with Crippen LogP contribution in [0.1, 0.15) is 25.8 Å². The standard InChI is InChI=1S/C18H21ClFNO5/c1-4-11(2)17(18(24)25-3)21-15(22)10-26-16(23)8-6-12-5-7-14(20)13(19)9-12/h5-9,11,17H,4,10H2,1-3H3,(H,21,22)/b8-6+/t11-,17-/m0/s1. The van der Waals surface area contributed by atoms with Gasteiger partial charge in [-0.05, 0) is 29.7 Å². The maximum Gasteiger partial charge on any atom is 0.331 e. The van der Waals surface area contributed by atoms with Gasteiger partial charge in [-0.2, -0.15) is 0 Å². The lowest BCUT2D eigenvalue weighted by molar-refractivity contribution is -0.148. The highest BCUT2D eigenvalue weighted by molar-refractivity contribution is 6.30. The zero-order valence-electron chi connectivity index (χ0n) is 14.8. The molecule has 0 heterocycles. The molecule has 0 bridgehead atoms. The molecule has 2 atom stereocenters. The lowest BCUT2D eigenvalue weighted by Gasteiger charge is -2.21. The van der Waals surface area contributed by atoms with Crippen LogP contribution in [0.5, 0.6) is 0 Å². The highest BCUT2D eigenvalue weighted by Gasteiger charge is 2.26. The lowest BCUT2D eigenvalue weighted by Crippen LogP contribution is -2.47. The van der Waals surface area contributed by atoms with Gasteiger partial charge in [-0.1, -0.05) is 37.9 Å². The molecule has 0 unspecified atom stereocenters. The van der Waals surface area contributed by atoms with Gasteiger partial charge >= 0.3 is 11.9 Å². The number of benzene rings is 1. The Hall–Kier alpha value is -2.41. The molecule has 0 saturated heterocycles. The third-order valence-corrected chi connectivity index (χ3v) is 3.98. The monoisotopic (exact) mass is 385 g/mol. The van der Waals surface area contributed by atoms with E-state index in [0.29, 0.717) is 12.0 Å². The Morgan fingerprint density at radius 1 is 1.35 bits per heavy atom. The van der Waals surface area contributed by atoms with Crippen molar-refractivity contribution in [2.75, 3.05) is 13.7 Å². The molecule has 8 heteroatoms. The molecular weight excluding hydrogens is 365 g/mol. The van der Waals surface area contributed by atoms with Crippen LogP contribution in [0.25, 0.3) is 6.08 Å². The second kappa shape index (κ2) is 10.6. The zero-order valence-corrected chi connectivity index (χ0v) is 15.5. The number of carbonyl (C=O) groups excluding carboxylic acids is 3. The number of hydrogen-bond acceptors (Lipinski definition) is 5. The van der Waals surface area contributed by atoms with E-state index in [-0.39, 0.29) is 10.9 Å². The molecule has 0 aromatic heterocycles. The maximum atomic E-state index is 13.1. The van der Waals surface area contributed by atoms with Crippen LogP contribution in [0.4, 0.5) is 4.39 Å². The van der Waals surface area contributed by atoms with Crippen LogP contribution in [-0.4, -0.2) is 37.6 Å². The predicted molar refractivity (Wildman–Crippen MR) is 94.8 cm³/mol. The molecule has 0 aliphatic carbocycles. The summed E-state index contributed by atoms with van der Waals surface area (Å²) in [7, 11) is 1.23. The molecule has 26 heavy (non-hydrogen) atoms. The number of methoxy groups -OCH3 is 1. The quantitative estimate of drug-likeness (QED) is 0.549. The van der Waals surface area contributed by atoms with Gasteiger partial charge in [-0.15, -0.1) is 0 Å². The van der Waals surface area contributed by atoms with Crippen molar-refractivity contribution in [1.82, 2.24) is 5.32 Å². The van der Waals surface area contributed by atoms with Gasteiger partial charge in [0.05, 0.1) is 12.1 Å². The molecule has 0 spiro atoms. The van der Waals surface area contributed by atoms with E-state index in [4.69, 9.17) is 16.3 Å². The van der Waals surface area contributed by atoms with E-state index in [0.717, 1.165) is 6.08 Å². The first-order valence-corrected chi connectivity index (χ1v) is 8.33. The van der Waals surface area contributed by atoms with Gasteiger partial charge < -0.3 is 14.8 Å². The summed E-state index contributed by atoms with van der Waals surface area (Å²) in [6.07, 6.45) is 3.12. The normalized spacial score (nSPS) is 13.1. The van der Waals surface area contributed by atoms with E-state index >= 15 is 0 Å². The molecule has 142 valence electrons. The van der Waals surface area contributed by atoms with Gasteiger partial charge in [0.25, 0.3) is 5.91 Å². The van der Waals surface area contributed by atoms with Crippen LogP contribution in [-0.2, 0) is 23.9 Å². The SMILES string of the molecule is CC[C@H](C)[C@H](NC(=O)COC(=O)/C=C/c1ccc(F)c(Cl)c1)C(=O)OC. The van der Waals surface area contributed by atoms with Gasteiger partial charge in [0.15, 0.2) is 6.61 Å². The fraction of sp³-hybridized carbons (Fsp3) is 0.389. The number of ether oxygens (including phenoxy) is 2. The summed E-state index contributed by atoms with van der Waals surface area (Å²) in [5.41, 5.74) is 0.500. The van der Waals surface area contributed by atoms with Crippen molar-refractivity contribution in [3.05, 3.63) is 40.7 Å². The Balaban J connectivity index is 2.54. The summed E-state index contributed by atoms with van der Waals surface area (Å²) >= 11 is 5.64. The molecule has 6 nitrogen and oxygen atoms in total. The van der Waals surface area contributed by atoms with Crippen molar-refractivity contribution in [3.63, 3.8) is 0 Å². The first kappa shape index (κ1) is 21.6. The summed E-state index contributed by atoms with van der Waals surface area (Å²) in [6.45, 7) is 3.13. The first-order chi connectivity index (χ1) is 12.3. The number of carbonyl (C=O) groups is 3. The topological polar surface area (TPSA) is 81.7 Å². The van der Waals surface area contributed by atoms with Crippen LogP contribution in [0.3, 0.4) is 0 Å². The summed E-state index contributed by atoms with van der Waals surface area (Å²) in [6, 6.07) is 3.14. The molecule has 1 amide bonds. The van der Waals surface area contributed by atoms with Gasteiger partial charge in [0, 0.05) is 6.08 Å². The minimum absolute atomic E-state index is 0.0706. The Kier molecular flexibility index (Phi) is 8.78. The third-order valence-electron chi connectivity index (χ3n) is 3.69. The van der Waals surface area contributed by atoms with E-state index in [1.807, 2.05) is 6.92 Å². The Morgan fingerprint density at radius 2 is 2.04 bits per heavy atom. The first-order valence-electron chi connectivity index (χ1n) is 7.95. The van der Waals surface area contributed by atoms with Crippen molar-refractivity contribution >= 4 is 35.5 Å². The van der Waals surface area contributed by atoms with E-state index in [9.17, 15) is 18.8 Å². The van der Waals surface area contributed by atoms with E-state index in [1.165, 1.54) is 31.4 Å². The van der Waals surface area contributed by atoms with Crippen LogP contribution >= 0.6 is 11.6 Å². The second-order valence-electron chi connectivity index (χ2n) is 5.57. The summed E-state index contributed by atoms with van der Waals surface area (Å²) in [5.74, 6) is -2.65. The van der Waals surface area contributed by atoms with Crippen molar-refractivity contribution < 1.29 is 28.2 Å². The number of hydrogen-bond donors (Lipinski definition) is 1. The fourth-order valence-electron chi connectivity index (χ4n) is 1.98. The average molecular weight is 386 g/mol. The van der Waals surface area contributed by atoms with Crippen molar-refractivity contribution in [1.29, 1.82) is 0 Å². The van der Waals surface area contributed by atoms with Crippen molar-refractivity contribution in [2.24, 2.45) is 5.92 Å². The van der Waals surface area contributed by atoms with Gasteiger partial charge in [-0.25, -0.2) is 14.0 Å². The molecule has 0 aliphatic rings. The molecule has 0 fully saturated rings. The van der Waals surface area contributed by atoms with Gasteiger partial charge in [-0.3, -0.25) is 4.79 Å². The number of amides is 1. The van der Waals surface area contributed by atoms with Crippen LogP contribution < -0.4 is 5.32 Å². The molecule has 1 aromatic carbocycles. The number of nitrogens with one attached hydrogen (secondary N) is 1. The Bertz CT molecular complexity index is 692. The molecule has 0 aliphatic heterocycles. The molecule has 1 rings (SSSR count). The summed E-state index contributed by atoms with van der Waals surface area (Å²) < 4.78 is 22.5. The minimum Gasteiger partial charge on any atom is -0.467 e. The predicted octanol–water partition coefficient (Wildman–Crippen LogP) is 2.74. The molecule has 1 aromatic rings. The van der Waals surface area contributed by atoms with Gasteiger partial charge in [0.2, 0.25) is 0 Å². The molecular formula is C18H21ClFNO5. The summed E-state index contributed by atoms with van der Waals surface area (Å²) in [4.78, 5) is 35.2. The van der Waals surface area contributed by atoms with Crippen LogP contribution in [0.2, 0.25) is 5.02 Å². The highest BCUT2D eigenvalue weighted by Crippen LogP contribution is 2.16. The van der Waals surface area contributed by atoms with E-state index in [2.05, 4.69) is 10.1 Å². The second-order valence-corrected chi connectivity index (χ2v) is 5.98. The van der Waals surface area contributed by atoms with Crippen LogP contribution in [0.15, 0.2) is 24.3 Å². The minimum atomic E-state index is -0.812.